The molecule has 0 atom stereocenters. The lowest BCUT2D eigenvalue weighted by molar-refractivity contribution is -0.122. The normalized spacial score (nSPS) is 10.9. The van der Waals surface area contributed by atoms with Crippen LogP contribution < -0.4 is 5.32 Å². The number of nitrogens with one attached hydrogen (secondary N) is 1. The highest BCUT2D eigenvalue weighted by Gasteiger charge is 2.20. The Bertz CT molecular complexity index is 274. The van der Waals surface area contributed by atoms with Crippen LogP contribution in [0.25, 0.3) is 0 Å². The summed E-state index contributed by atoms with van der Waals surface area (Å²) in [5.74, 6) is -0.209. The van der Waals surface area contributed by atoms with Gasteiger partial charge in [-0.05, 0) is 27.2 Å². The summed E-state index contributed by atoms with van der Waals surface area (Å²) in [5.41, 5.74) is -0.555. The topological polar surface area (TPSA) is 67.9 Å². The maximum atomic E-state index is 11.6. The summed E-state index contributed by atoms with van der Waals surface area (Å²) in [6.07, 6.45) is 0.243. The van der Waals surface area contributed by atoms with Gasteiger partial charge >= 0.3 is 6.09 Å². The summed E-state index contributed by atoms with van der Waals surface area (Å²) >= 11 is 0. The van der Waals surface area contributed by atoms with Crippen molar-refractivity contribution in [2.75, 3.05) is 33.9 Å². The maximum absolute atomic E-state index is 11.6. The van der Waals surface area contributed by atoms with Crippen LogP contribution in [-0.2, 0) is 14.3 Å². The van der Waals surface area contributed by atoms with Gasteiger partial charge in [0.25, 0.3) is 0 Å². The lowest BCUT2D eigenvalue weighted by Crippen LogP contribution is -2.41. The average Bonchev–Trinajstić information content (AvgIpc) is 2.22. The predicted octanol–water partition coefficient (Wildman–Crippen LogP) is 1.01. The van der Waals surface area contributed by atoms with E-state index in [2.05, 4.69) is 5.32 Å². The molecule has 6 heteroatoms. The fourth-order valence-electron chi connectivity index (χ4n) is 1.12. The molecule has 0 bridgehead atoms. The number of methoxy groups -OCH3 is 1. The number of hydrogen-bond acceptors (Lipinski definition) is 4. The Balaban J connectivity index is 3.89. The van der Waals surface area contributed by atoms with Crippen molar-refractivity contribution in [1.29, 1.82) is 0 Å². The molecule has 0 saturated heterocycles. The third-order valence-corrected chi connectivity index (χ3v) is 1.93. The molecule has 0 spiro atoms. The number of likely N-dealkylation sites (N-methyl/N-ethyl adjacent to an activating group) is 1. The van der Waals surface area contributed by atoms with Crippen LogP contribution in [0.4, 0.5) is 4.79 Å². The van der Waals surface area contributed by atoms with Gasteiger partial charge in [-0.25, -0.2) is 4.79 Å². The molecule has 1 N–H and O–H groups in total. The average molecular weight is 260 g/mol. The van der Waals surface area contributed by atoms with Crippen molar-refractivity contribution in [3.05, 3.63) is 0 Å². The van der Waals surface area contributed by atoms with Gasteiger partial charge in [0.2, 0.25) is 5.91 Å². The summed E-state index contributed by atoms with van der Waals surface area (Å²) < 4.78 is 9.99. The minimum absolute atomic E-state index is 0.0120. The summed E-state index contributed by atoms with van der Waals surface area (Å²) in [6, 6.07) is 0. The minimum Gasteiger partial charge on any atom is -0.444 e. The summed E-state index contributed by atoms with van der Waals surface area (Å²) in [5, 5.41) is 2.70. The van der Waals surface area contributed by atoms with E-state index in [1.807, 2.05) is 0 Å². The molecule has 0 heterocycles. The second kappa shape index (κ2) is 7.92. The first-order valence-corrected chi connectivity index (χ1v) is 5.96. The van der Waals surface area contributed by atoms with Crippen molar-refractivity contribution in [3.8, 4) is 0 Å². The van der Waals surface area contributed by atoms with Crippen LogP contribution in [0.3, 0.4) is 0 Å². The zero-order valence-electron chi connectivity index (χ0n) is 11.9. The number of rotatable bonds is 6. The molecule has 0 aromatic carbocycles. The molecule has 0 rings (SSSR count). The summed E-state index contributed by atoms with van der Waals surface area (Å²) in [7, 11) is 3.14. The van der Waals surface area contributed by atoms with Crippen molar-refractivity contribution < 1.29 is 19.1 Å². The lowest BCUT2D eigenvalue weighted by Gasteiger charge is -2.24. The molecule has 0 aromatic heterocycles. The fraction of sp³-hybridized carbons (Fsp3) is 0.833. The Morgan fingerprint density at radius 3 is 2.39 bits per heavy atom. The highest BCUT2D eigenvalue weighted by Crippen LogP contribution is 2.08. The molecule has 0 aliphatic heterocycles. The van der Waals surface area contributed by atoms with Gasteiger partial charge in [-0.2, -0.15) is 0 Å². The molecular weight excluding hydrogens is 236 g/mol. The van der Waals surface area contributed by atoms with Crippen LogP contribution >= 0.6 is 0 Å². The Hall–Kier alpha value is -1.30. The van der Waals surface area contributed by atoms with Gasteiger partial charge in [0.05, 0.1) is 0 Å². The molecule has 0 unspecified atom stereocenters. The van der Waals surface area contributed by atoms with Gasteiger partial charge in [0.15, 0.2) is 0 Å². The molecule has 18 heavy (non-hydrogen) atoms. The van der Waals surface area contributed by atoms with E-state index < -0.39 is 11.7 Å². The number of hydrogen-bond donors (Lipinski definition) is 1. The summed E-state index contributed by atoms with van der Waals surface area (Å²) in [6.45, 7) is 6.47. The standard InChI is InChI=1S/C12H24N2O4/c1-12(2,3)18-11(16)14(4)9-10(15)13-7-6-8-17-5/h6-9H2,1-5H3,(H,13,15). The van der Waals surface area contributed by atoms with Gasteiger partial charge < -0.3 is 19.7 Å². The van der Waals surface area contributed by atoms with E-state index >= 15 is 0 Å². The van der Waals surface area contributed by atoms with Gasteiger partial charge in [0, 0.05) is 27.3 Å². The second-order valence-electron chi connectivity index (χ2n) is 5.03. The highest BCUT2D eigenvalue weighted by atomic mass is 16.6. The monoisotopic (exact) mass is 260 g/mol. The second-order valence-corrected chi connectivity index (χ2v) is 5.03. The molecule has 0 fully saturated rings. The van der Waals surface area contributed by atoms with Crippen molar-refractivity contribution in [3.63, 3.8) is 0 Å². The van der Waals surface area contributed by atoms with E-state index in [0.29, 0.717) is 13.2 Å². The van der Waals surface area contributed by atoms with Crippen LogP contribution in [0.15, 0.2) is 0 Å². The predicted molar refractivity (Wildman–Crippen MR) is 68.4 cm³/mol. The molecule has 0 aliphatic carbocycles. The first-order chi connectivity index (χ1) is 8.26. The van der Waals surface area contributed by atoms with E-state index in [1.54, 1.807) is 27.9 Å². The van der Waals surface area contributed by atoms with E-state index in [0.717, 1.165) is 6.42 Å². The van der Waals surface area contributed by atoms with Crippen molar-refractivity contribution in [2.45, 2.75) is 32.8 Å². The smallest absolute Gasteiger partial charge is 0.410 e. The van der Waals surface area contributed by atoms with Crippen LogP contribution in [0.5, 0.6) is 0 Å². The van der Waals surface area contributed by atoms with Crippen LogP contribution in [0.2, 0.25) is 0 Å². The first-order valence-electron chi connectivity index (χ1n) is 5.96. The zero-order valence-corrected chi connectivity index (χ0v) is 11.9. The Kier molecular flexibility index (Phi) is 7.35. The van der Waals surface area contributed by atoms with Crippen molar-refractivity contribution in [2.24, 2.45) is 0 Å². The van der Waals surface area contributed by atoms with Gasteiger partial charge in [0.1, 0.15) is 12.1 Å². The molecule has 0 saturated carbocycles. The maximum Gasteiger partial charge on any atom is 0.410 e. The number of ether oxygens (including phenoxy) is 2. The molecule has 0 aromatic rings. The van der Waals surface area contributed by atoms with E-state index in [4.69, 9.17) is 9.47 Å². The molecule has 2 amide bonds. The largest absolute Gasteiger partial charge is 0.444 e. The molecule has 106 valence electrons. The number of carbonyl (C=O) groups excluding carboxylic acids is 2. The van der Waals surface area contributed by atoms with Crippen LogP contribution in [0.1, 0.15) is 27.2 Å². The first kappa shape index (κ1) is 16.7. The SMILES string of the molecule is COCCCNC(=O)CN(C)C(=O)OC(C)(C)C. The van der Waals surface area contributed by atoms with Crippen LogP contribution in [-0.4, -0.2) is 56.4 Å². The number of amides is 2. The summed E-state index contributed by atoms with van der Waals surface area (Å²) in [4.78, 5) is 24.3. The minimum atomic E-state index is -0.555. The van der Waals surface area contributed by atoms with Crippen molar-refractivity contribution >= 4 is 12.0 Å². The molecule has 0 aliphatic rings. The third-order valence-electron chi connectivity index (χ3n) is 1.93. The zero-order chi connectivity index (χ0) is 14.2. The van der Waals surface area contributed by atoms with E-state index in [-0.39, 0.29) is 12.5 Å². The lowest BCUT2D eigenvalue weighted by atomic mass is 10.2. The van der Waals surface area contributed by atoms with E-state index in [1.165, 1.54) is 11.9 Å². The Morgan fingerprint density at radius 2 is 1.89 bits per heavy atom. The van der Waals surface area contributed by atoms with E-state index in [9.17, 15) is 9.59 Å². The number of carbonyl (C=O) groups is 2. The Morgan fingerprint density at radius 1 is 1.28 bits per heavy atom. The van der Waals surface area contributed by atoms with Gasteiger partial charge in [-0.3, -0.25) is 4.79 Å². The fourth-order valence-corrected chi connectivity index (χ4v) is 1.12. The molecular formula is C12H24N2O4. The van der Waals surface area contributed by atoms with Gasteiger partial charge in [-0.1, -0.05) is 0 Å². The van der Waals surface area contributed by atoms with Gasteiger partial charge in [-0.15, -0.1) is 0 Å². The molecule has 0 radical (unpaired) electrons. The molecule has 6 nitrogen and oxygen atoms in total. The third kappa shape index (κ3) is 8.81. The highest BCUT2D eigenvalue weighted by molar-refractivity contribution is 5.82. The van der Waals surface area contributed by atoms with Crippen molar-refractivity contribution in [1.82, 2.24) is 10.2 Å². The quantitative estimate of drug-likeness (QED) is 0.724. The van der Waals surface area contributed by atoms with Crippen LogP contribution in [0, 0.1) is 0 Å². The number of nitrogens with zero attached hydrogens (tertiary/aromatic N) is 1. The Labute approximate surface area is 109 Å².